The van der Waals surface area contributed by atoms with Gasteiger partial charge in [-0.3, -0.25) is 19.6 Å². The number of urea groups is 1. The molecular formula is C21H25N5O3. The van der Waals surface area contributed by atoms with Crippen LogP contribution < -0.4 is 5.32 Å². The molecule has 0 aliphatic carbocycles. The average Bonchev–Trinajstić information content (AvgIpc) is 3.16. The van der Waals surface area contributed by atoms with Crippen LogP contribution in [0.2, 0.25) is 0 Å². The van der Waals surface area contributed by atoms with Crippen LogP contribution in [0.4, 0.5) is 4.79 Å². The summed E-state index contributed by atoms with van der Waals surface area (Å²) in [6.07, 6.45) is 2.09. The number of fused-ring (bicyclic) bond motifs is 1. The summed E-state index contributed by atoms with van der Waals surface area (Å²) in [5.41, 5.74) is 4.19. The number of benzene rings is 1. The van der Waals surface area contributed by atoms with Crippen molar-refractivity contribution in [3.05, 3.63) is 41.6 Å². The van der Waals surface area contributed by atoms with E-state index in [1.54, 1.807) is 4.90 Å². The lowest BCUT2D eigenvalue weighted by atomic mass is 10.0. The molecule has 0 radical (unpaired) electrons. The number of carbonyl (C=O) groups is 3. The van der Waals surface area contributed by atoms with Gasteiger partial charge >= 0.3 is 6.03 Å². The van der Waals surface area contributed by atoms with E-state index in [1.165, 1.54) is 4.90 Å². The number of imide groups is 1. The fraction of sp³-hybridized carbons (Fsp3) is 0.429. The topological polar surface area (TPSA) is 98.4 Å². The Morgan fingerprint density at radius 3 is 2.69 bits per heavy atom. The number of amides is 4. The Labute approximate surface area is 169 Å². The second kappa shape index (κ2) is 8.06. The predicted octanol–water partition coefficient (Wildman–Crippen LogP) is 1.72. The summed E-state index contributed by atoms with van der Waals surface area (Å²) >= 11 is 0. The standard InChI is InChI=1S/C21H25N5O3/c1-2-10-26-20(28)17(22-21(26)29)13-18(27)25-11-8-15-16(9-12-25)23-24-19(15)14-6-4-3-5-7-14/h3-7,17H,2,8-13H2,1H3,(H,22,29)(H,23,24). The van der Waals surface area contributed by atoms with Crippen LogP contribution in [0.25, 0.3) is 11.3 Å². The summed E-state index contributed by atoms with van der Waals surface area (Å²) in [7, 11) is 0. The van der Waals surface area contributed by atoms with Crippen LogP contribution in [-0.2, 0) is 22.4 Å². The van der Waals surface area contributed by atoms with Crippen LogP contribution in [0.3, 0.4) is 0 Å². The predicted molar refractivity (Wildman–Crippen MR) is 107 cm³/mol. The van der Waals surface area contributed by atoms with Gasteiger partial charge in [0.15, 0.2) is 0 Å². The van der Waals surface area contributed by atoms with E-state index in [1.807, 2.05) is 37.3 Å². The molecule has 2 aliphatic heterocycles. The largest absolute Gasteiger partial charge is 0.342 e. The number of aromatic amines is 1. The molecule has 4 rings (SSSR count). The van der Waals surface area contributed by atoms with Crippen molar-refractivity contribution in [3.63, 3.8) is 0 Å². The van der Waals surface area contributed by atoms with E-state index in [0.29, 0.717) is 38.9 Å². The highest BCUT2D eigenvalue weighted by Gasteiger charge is 2.39. The second-order valence-corrected chi connectivity index (χ2v) is 7.47. The van der Waals surface area contributed by atoms with Crippen LogP contribution in [0.15, 0.2) is 30.3 Å². The van der Waals surface area contributed by atoms with E-state index < -0.39 is 12.1 Å². The molecule has 29 heavy (non-hydrogen) atoms. The molecule has 4 amide bonds. The molecule has 1 saturated heterocycles. The van der Waals surface area contributed by atoms with E-state index >= 15 is 0 Å². The van der Waals surface area contributed by atoms with E-state index in [9.17, 15) is 14.4 Å². The maximum Gasteiger partial charge on any atom is 0.324 e. The maximum absolute atomic E-state index is 12.8. The van der Waals surface area contributed by atoms with Gasteiger partial charge in [0.25, 0.3) is 5.91 Å². The van der Waals surface area contributed by atoms with Gasteiger partial charge in [-0.15, -0.1) is 0 Å². The molecule has 8 heteroatoms. The Balaban J connectivity index is 1.41. The van der Waals surface area contributed by atoms with E-state index in [2.05, 4.69) is 15.5 Å². The highest BCUT2D eigenvalue weighted by molar-refractivity contribution is 6.05. The van der Waals surface area contributed by atoms with Crippen molar-refractivity contribution < 1.29 is 14.4 Å². The minimum atomic E-state index is -0.760. The Kier molecular flexibility index (Phi) is 5.33. The van der Waals surface area contributed by atoms with Crippen LogP contribution in [0.1, 0.15) is 31.0 Å². The van der Waals surface area contributed by atoms with Crippen molar-refractivity contribution in [3.8, 4) is 11.3 Å². The smallest absolute Gasteiger partial charge is 0.324 e. The van der Waals surface area contributed by atoms with Gasteiger partial charge in [0.2, 0.25) is 5.91 Å². The van der Waals surface area contributed by atoms with E-state index in [0.717, 1.165) is 22.5 Å². The number of nitrogens with one attached hydrogen (secondary N) is 2. The molecule has 1 atom stereocenters. The number of hydrogen-bond donors (Lipinski definition) is 2. The minimum absolute atomic E-state index is 0.00249. The lowest BCUT2D eigenvalue weighted by Crippen LogP contribution is -2.40. The normalized spacial score (nSPS) is 19.1. The summed E-state index contributed by atoms with van der Waals surface area (Å²) in [6.45, 7) is 3.42. The van der Waals surface area contributed by atoms with Crippen molar-refractivity contribution in [2.75, 3.05) is 19.6 Å². The van der Waals surface area contributed by atoms with Crippen molar-refractivity contribution >= 4 is 17.8 Å². The number of nitrogens with zero attached hydrogens (tertiary/aromatic N) is 3. The van der Waals surface area contributed by atoms with Gasteiger partial charge in [0.1, 0.15) is 6.04 Å². The van der Waals surface area contributed by atoms with Crippen LogP contribution >= 0.6 is 0 Å². The van der Waals surface area contributed by atoms with Gasteiger partial charge in [-0.25, -0.2) is 4.79 Å². The molecule has 1 aromatic heterocycles. The summed E-state index contributed by atoms with van der Waals surface area (Å²) in [5.74, 6) is -0.415. The van der Waals surface area contributed by atoms with Crippen LogP contribution in [-0.4, -0.2) is 63.5 Å². The molecule has 1 aromatic carbocycles. The van der Waals surface area contributed by atoms with Gasteiger partial charge in [0, 0.05) is 42.9 Å². The van der Waals surface area contributed by atoms with Gasteiger partial charge in [0.05, 0.1) is 12.1 Å². The third kappa shape index (κ3) is 3.74. The Morgan fingerprint density at radius 1 is 1.17 bits per heavy atom. The molecule has 1 fully saturated rings. The molecule has 0 saturated carbocycles. The van der Waals surface area contributed by atoms with Gasteiger partial charge in [-0.05, 0) is 12.8 Å². The number of rotatable bonds is 5. The zero-order valence-corrected chi connectivity index (χ0v) is 16.5. The number of carbonyl (C=O) groups excluding carboxylic acids is 3. The number of H-pyrrole nitrogens is 1. The fourth-order valence-corrected chi connectivity index (χ4v) is 4.02. The van der Waals surface area contributed by atoms with E-state index in [4.69, 9.17) is 0 Å². The van der Waals surface area contributed by atoms with Crippen molar-refractivity contribution in [1.29, 1.82) is 0 Å². The average molecular weight is 395 g/mol. The molecule has 152 valence electrons. The molecule has 8 nitrogen and oxygen atoms in total. The first-order valence-corrected chi connectivity index (χ1v) is 10.1. The monoisotopic (exact) mass is 395 g/mol. The van der Waals surface area contributed by atoms with Gasteiger partial charge in [-0.2, -0.15) is 5.10 Å². The molecule has 0 bridgehead atoms. The van der Waals surface area contributed by atoms with Crippen molar-refractivity contribution in [2.45, 2.75) is 38.6 Å². The summed E-state index contributed by atoms with van der Waals surface area (Å²) in [5, 5.41) is 10.2. The molecule has 1 unspecified atom stereocenters. The highest BCUT2D eigenvalue weighted by atomic mass is 16.2. The summed E-state index contributed by atoms with van der Waals surface area (Å²) in [4.78, 5) is 40.1. The third-order valence-corrected chi connectivity index (χ3v) is 5.55. The molecule has 0 spiro atoms. The molecular weight excluding hydrogens is 370 g/mol. The molecule has 2 aliphatic rings. The lowest BCUT2D eigenvalue weighted by molar-refractivity contribution is -0.135. The first-order chi connectivity index (χ1) is 14.1. The molecule has 3 heterocycles. The summed E-state index contributed by atoms with van der Waals surface area (Å²) < 4.78 is 0. The van der Waals surface area contributed by atoms with Crippen molar-refractivity contribution in [1.82, 2.24) is 25.3 Å². The van der Waals surface area contributed by atoms with Crippen LogP contribution in [0.5, 0.6) is 0 Å². The lowest BCUT2D eigenvalue weighted by Gasteiger charge is -2.21. The highest BCUT2D eigenvalue weighted by Crippen LogP contribution is 2.26. The molecule has 2 aromatic rings. The zero-order chi connectivity index (χ0) is 20.4. The third-order valence-electron chi connectivity index (χ3n) is 5.55. The SMILES string of the molecule is CCCN1C(=O)NC(CC(=O)N2CCc3[nH]nc(-c4ccccc4)c3CC2)C1=O. The quantitative estimate of drug-likeness (QED) is 0.753. The Morgan fingerprint density at radius 2 is 1.93 bits per heavy atom. The first kappa shape index (κ1) is 19.2. The van der Waals surface area contributed by atoms with Crippen molar-refractivity contribution in [2.24, 2.45) is 0 Å². The minimum Gasteiger partial charge on any atom is -0.342 e. The first-order valence-electron chi connectivity index (χ1n) is 10.1. The van der Waals surface area contributed by atoms with Gasteiger partial charge < -0.3 is 10.2 Å². The zero-order valence-electron chi connectivity index (χ0n) is 16.5. The maximum atomic E-state index is 12.8. The van der Waals surface area contributed by atoms with E-state index in [-0.39, 0.29) is 18.2 Å². The Hall–Kier alpha value is -3.16. The fourth-order valence-electron chi connectivity index (χ4n) is 4.02. The molecule has 2 N–H and O–H groups in total. The number of hydrogen-bond acceptors (Lipinski definition) is 4. The van der Waals surface area contributed by atoms with Gasteiger partial charge in [-0.1, -0.05) is 37.3 Å². The second-order valence-electron chi connectivity index (χ2n) is 7.47. The number of aromatic nitrogens is 2. The van der Waals surface area contributed by atoms with Crippen LogP contribution in [0, 0.1) is 0 Å². The summed E-state index contributed by atoms with van der Waals surface area (Å²) in [6, 6.07) is 8.83. The Bertz CT molecular complexity index is 924.